The van der Waals surface area contributed by atoms with Gasteiger partial charge < -0.3 is 0 Å². The molecule has 2 aromatic carbocycles. The lowest BCUT2D eigenvalue weighted by Crippen LogP contribution is -2.16. The summed E-state index contributed by atoms with van der Waals surface area (Å²) >= 11 is 5.66. The van der Waals surface area contributed by atoms with Gasteiger partial charge in [-0.2, -0.15) is 13.2 Å². The molecule has 26 heavy (non-hydrogen) atoms. The highest BCUT2D eigenvalue weighted by Crippen LogP contribution is 2.34. The molecule has 0 radical (unpaired) electrons. The highest BCUT2D eigenvalue weighted by Gasteiger charge is 2.33. The summed E-state index contributed by atoms with van der Waals surface area (Å²) in [5, 5.41) is -0.523. The van der Waals surface area contributed by atoms with Gasteiger partial charge >= 0.3 is 6.18 Å². The molecule has 0 aromatic heterocycles. The van der Waals surface area contributed by atoms with Crippen LogP contribution in [0.2, 0.25) is 5.02 Å². The van der Waals surface area contributed by atoms with Crippen molar-refractivity contribution < 1.29 is 34.4 Å². The van der Waals surface area contributed by atoms with Crippen molar-refractivity contribution in [2.75, 3.05) is 11.0 Å². The third kappa shape index (κ3) is 4.46. The Hall–Kier alpha value is -1.85. The lowest BCUT2D eigenvalue weighted by molar-refractivity contribution is -0.137. The van der Waals surface area contributed by atoms with Crippen molar-refractivity contribution in [3.05, 3.63) is 52.8 Å². The van der Waals surface area contributed by atoms with Gasteiger partial charge in [0.2, 0.25) is 0 Å². The van der Waals surface area contributed by atoms with Crippen molar-refractivity contribution in [2.45, 2.75) is 16.0 Å². The second-order valence-electron chi connectivity index (χ2n) is 5.16. The van der Waals surface area contributed by atoms with E-state index >= 15 is 0 Å². The van der Waals surface area contributed by atoms with Crippen LogP contribution in [0.3, 0.4) is 0 Å². The minimum Gasteiger partial charge on any atom is -0.277 e. The maximum absolute atomic E-state index is 13.8. The first-order valence-corrected chi connectivity index (χ1v) is 10.4. The van der Waals surface area contributed by atoms with Crippen molar-refractivity contribution >= 4 is 37.1 Å². The largest absolute Gasteiger partial charge is 0.416 e. The third-order valence-electron chi connectivity index (χ3n) is 3.16. The summed E-state index contributed by atoms with van der Waals surface area (Å²) < 4.78 is 102. The molecule has 0 unspecified atom stereocenters. The Kier molecular flexibility index (Phi) is 5.28. The smallest absolute Gasteiger partial charge is 0.277 e. The molecule has 0 amide bonds. The van der Waals surface area contributed by atoms with E-state index < -0.39 is 53.0 Å². The van der Waals surface area contributed by atoms with Crippen LogP contribution in [0.4, 0.5) is 23.2 Å². The summed E-state index contributed by atoms with van der Waals surface area (Å²) in [6.45, 7) is 0. The zero-order chi connectivity index (χ0) is 19.9. The molecule has 0 saturated heterocycles. The van der Waals surface area contributed by atoms with Gasteiger partial charge in [-0.15, -0.1) is 0 Å². The van der Waals surface area contributed by atoms with Crippen molar-refractivity contribution in [1.29, 1.82) is 0 Å². The number of rotatable bonds is 4. The molecule has 0 aliphatic carbocycles. The van der Waals surface area contributed by atoms with Crippen molar-refractivity contribution in [2.24, 2.45) is 0 Å². The fourth-order valence-corrected chi connectivity index (χ4v) is 4.13. The molecule has 0 saturated carbocycles. The van der Waals surface area contributed by atoms with Crippen LogP contribution in [-0.2, 0) is 26.0 Å². The zero-order valence-corrected chi connectivity index (χ0v) is 15.2. The number of anilines is 1. The van der Waals surface area contributed by atoms with E-state index in [-0.39, 0.29) is 4.90 Å². The Balaban J connectivity index is 2.54. The Morgan fingerprint density at radius 3 is 2.15 bits per heavy atom. The van der Waals surface area contributed by atoms with Crippen LogP contribution < -0.4 is 4.72 Å². The average Bonchev–Trinajstić information content (AvgIpc) is 2.47. The van der Waals surface area contributed by atoms with Crippen LogP contribution in [0.5, 0.6) is 0 Å². The standard InChI is InChI=1S/C14H10ClF4NO4S2/c1-25(21,22)9-3-5-11(16)12(7-9)20-26(23,24)13-6-8(14(17,18)19)2-4-10(13)15/h2-7,20H,1H3. The maximum atomic E-state index is 13.8. The van der Waals surface area contributed by atoms with E-state index in [9.17, 15) is 34.4 Å². The molecule has 2 rings (SSSR count). The Morgan fingerprint density at radius 1 is 1.00 bits per heavy atom. The molecule has 12 heteroatoms. The molecule has 0 aliphatic heterocycles. The van der Waals surface area contributed by atoms with Crippen molar-refractivity contribution in [3.63, 3.8) is 0 Å². The normalized spacial score (nSPS) is 12.8. The predicted octanol–water partition coefficient (Wildman–Crippen LogP) is 3.70. The van der Waals surface area contributed by atoms with Crippen LogP contribution in [0.25, 0.3) is 0 Å². The molecular formula is C14H10ClF4NO4S2. The SMILES string of the molecule is CS(=O)(=O)c1ccc(F)c(NS(=O)(=O)c2cc(C(F)(F)F)ccc2Cl)c1. The van der Waals surface area contributed by atoms with Crippen LogP contribution in [-0.4, -0.2) is 23.1 Å². The molecule has 0 fully saturated rings. The van der Waals surface area contributed by atoms with Crippen LogP contribution in [0.1, 0.15) is 5.56 Å². The summed E-state index contributed by atoms with van der Waals surface area (Å²) in [6.07, 6.45) is -4.00. The van der Waals surface area contributed by atoms with Gasteiger partial charge in [-0.05, 0) is 36.4 Å². The number of sulfonamides is 1. The van der Waals surface area contributed by atoms with Crippen molar-refractivity contribution in [1.82, 2.24) is 0 Å². The van der Waals surface area contributed by atoms with Gasteiger partial charge in [-0.3, -0.25) is 4.72 Å². The average molecular weight is 432 g/mol. The summed E-state index contributed by atoms with van der Waals surface area (Å²) in [5.41, 5.74) is -2.02. The monoisotopic (exact) mass is 431 g/mol. The number of hydrogen-bond donors (Lipinski definition) is 1. The Bertz CT molecular complexity index is 1070. The zero-order valence-electron chi connectivity index (χ0n) is 12.8. The number of alkyl halides is 3. The van der Waals surface area contributed by atoms with E-state index in [1.54, 1.807) is 4.72 Å². The van der Waals surface area contributed by atoms with Crippen molar-refractivity contribution in [3.8, 4) is 0 Å². The maximum Gasteiger partial charge on any atom is 0.416 e. The van der Waals surface area contributed by atoms with Gasteiger partial charge in [0.25, 0.3) is 10.0 Å². The van der Waals surface area contributed by atoms with E-state index in [1.165, 1.54) is 0 Å². The molecule has 0 heterocycles. The van der Waals surface area contributed by atoms with Crippen LogP contribution in [0, 0.1) is 5.82 Å². The lowest BCUT2D eigenvalue weighted by atomic mass is 10.2. The highest BCUT2D eigenvalue weighted by atomic mass is 35.5. The quantitative estimate of drug-likeness (QED) is 0.591. The molecule has 142 valence electrons. The van der Waals surface area contributed by atoms with E-state index in [1.807, 2.05) is 0 Å². The molecule has 0 bridgehead atoms. The van der Waals surface area contributed by atoms with Gasteiger partial charge in [0.05, 0.1) is 21.2 Å². The third-order valence-corrected chi connectivity index (χ3v) is 6.12. The second-order valence-corrected chi connectivity index (χ2v) is 9.24. The lowest BCUT2D eigenvalue weighted by Gasteiger charge is -2.13. The minimum absolute atomic E-state index is 0.295. The van der Waals surface area contributed by atoms with E-state index in [0.717, 1.165) is 18.4 Å². The van der Waals surface area contributed by atoms with E-state index in [2.05, 4.69) is 0 Å². The molecule has 0 aliphatic rings. The summed E-state index contributed by atoms with van der Waals surface area (Å²) in [6, 6.07) is 3.96. The highest BCUT2D eigenvalue weighted by molar-refractivity contribution is 7.93. The molecule has 2 aromatic rings. The molecule has 0 spiro atoms. The Labute approximate surface area is 151 Å². The minimum atomic E-state index is -4.82. The number of nitrogens with one attached hydrogen (secondary N) is 1. The van der Waals surface area contributed by atoms with E-state index in [4.69, 9.17) is 11.6 Å². The van der Waals surface area contributed by atoms with E-state index in [0.29, 0.717) is 24.3 Å². The summed E-state index contributed by atoms with van der Waals surface area (Å²) in [4.78, 5) is -1.31. The first-order chi connectivity index (χ1) is 11.7. The van der Waals surface area contributed by atoms with Gasteiger partial charge in [-0.1, -0.05) is 11.6 Å². The fraction of sp³-hybridized carbons (Fsp3) is 0.143. The molecule has 5 nitrogen and oxygen atoms in total. The summed E-state index contributed by atoms with van der Waals surface area (Å²) in [5.74, 6) is -1.12. The number of benzene rings is 2. The van der Waals surface area contributed by atoms with Gasteiger partial charge in [0.15, 0.2) is 9.84 Å². The van der Waals surface area contributed by atoms with Gasteiger partial charge in [0, 0.05) is 6.26 Å². The Morgan fingerprint density at radius 2 is 1.62 bits per heavy atom. The number of sulfone groups is 1. The fourth-order valence-electron chi connectivity index (χ4n) is 1.90. The van der Waals surface area contributed by atoms with Crippen LogP contribution >= 0.6 is 11.6 Å². The van der Waals surface area contributed by atoms with Crippen LogP contribution in [0.15, 0.2) is 46.2 Å². The first kappa shape index (κ1) is 20.5. The molecule has 1 N–H and O–H groups in total. The molecule has 0 atom stereocenters. The molecular weight excluding hydrogens is 422 g/mol. The van der Waals surface area contributed by atoms with Gasteiger partial charge in [0.1, 0.15) is 10.7 Å². The predicted molar refractivity (Wildman–Crippen MR) is 86.8 cm³/mol. The summed E-state index contributed by atoms with van der Waals surface area (Å²) in [7, 11) is -8.50. The topological polar surface area (TPSA) is 80.3 Å². The number of halogens is 5. The number of hydrogen-bond acceptors (Lipinski definition) is 4. The first-order valence-electron chi connectivity index (χ1n) is 6.61. The van der Waals surface area contributed by atoms with Gasteiger partial charge in [-0.25, -0.2) is 21.2 Å². The second kappa shape index (κ2) is 6.71.